The second-order valence-electron chi connectivity index (χ2n) is 7.68. The van der Waals surface area contributed by atoms with Crippen LogP contribution in [0.2, 0.25) is 26.6 Å². The molecule has 26 heavy (non-hydrogen) atoms. The molecule has 0 unspecified atom stereocenters. The maximum absolute atomic E-state index is 6.40. The van der Waals surface area contributed by atoms with E-state index in [1.54, 1.807) is 0 Å². The summed E-state index contributed by atoms with van der Waals surface area (Å²) in [5.74, 6) is 0. The van der Waals surface area contributed by atoms with Crippen LogP contribution in [0.5, 0.6) is 0 Å². The zero-order chi connectivity index (χ0) is 20.1. The molecule has 7 heteroatoms. The fraction of sp³-hybridized carbons (Fsp3) is 1.00. The van der Waals surface area contributed by atoms with Crippen molar-refractivity contribution < 1.29 is 4.52 Å². The van der Waals surface area contributed by atoms with Crippen molar-refractivity contribution in [2.75, 3.05) is 7.11 Å². The van der Waals surface area contributed by atoms with Crippen molar-refractivity contribution in [1.29, 1.82) is 0 Å². The van der Waals surface area contributed by atoms with E-state index in [1.807, 2.05) is 7.11 Å². The fourth-order valence-corrected chi connectivity index (χ4v) is 142. The Morgan fingerprint density at radius 3 is 1.00 bits per heavy atom. The Morgan fingerprint density at radius 2 is 0.846 bits per heavy atom. The Kier molecular flexibility index (Phi) is 17.4. The third kappa shape index (κ3) is 10.3. The molecule has 0 aromatic rings. The van der Waals surface area contributed by atoms with Crippen LogP contribution in [0.3, 0.4) is 0 Å². The van der Waals surface area contributed by atoms with E-state index in [1.165, 1.54) is 65.1 Å². The molecule has 0 bridgehead atoms. The molecule has 0 spiro atoms. The molecule has 0 heterocycles. The van der Waals surface area contributed by atoms with Gasteiger partial charge in [-0.3, -0.25) is 0 Å². The van der Waals surface area contributed by atoms with E-state index in [4.69, 9.17) is 16.3 Å². The summed E-state index contributed by atoms with van der Waals surface area (Å²) >= 11 is 1.90. The molecule has 0 N–H and O–H groups in total. The van der Waals surface area contributed by atoms with Gasteiger partial charge in [-0.15, -0.1) is 0 Å². The topological polar surface area (TPSA) is 9.23 Å². The molecule has 0 aliphatic rings. The Bertz CT molecular complexity index is 344. The van der Waals surface area contributed by atoms with E-state index >= 15 is 0 Å². The summed E-state index contributed by atoms with van der Waals surface area (Å²) in [6, 6.07) is 0. The molecular weight excluding hydrogens is 609 g/mol. The minimum atomic E-state index is -2.25. The van der Waals surface area contributed by atoms with E-state index in [0.29, 0.717) is 0 Å². The van der Waals surface area contributed by atoms with Crippen LogP contribution < -0.4 is 0 Å². The Hall–Kier alpha value is 2.91. The quantitative estimate of drug-likeness (QED) is 0.114. The standard InChI is InChI=1S/6C3H7.CH5OPS3.2Sn/c6*1-3-2;1-2-3(4,5)6;;/h6*1,3H2,2H3;1H3,(H2,4,5,6);;/q;;;;;;;2*+1/p-2. The molecular formula is C19H45OPS3Sn2. The van der Waals surface area contributed by atoms with E-state index in [-0.39, 0.29) is 0 Å². The van der Waals surface area contributed by atoms with Crippen molar-refractivity contribution in [3.8, 4) is 0 Å². The van der Waals surface area contributed by atoms with Crippen molar-refractivity contribution in [3.05, 3.63) is 0 Å². The maximum atomic E-state index is 6.40. The van der Waals surface area contributed by atoms with Crippen LogP contribution >= 0.6 is 21.8 Å². The van der Waals surface area contributed by atoms with Gasteiger partial charge in [0.25, 0.3) is 0 Å². The molecule has 0 rings (SSSR count). The van der Waals surface area contributed by atoms with Crippen LogP contribution in [-0.4, -0.2) is 41.1 Å². The van der Waals surface area contributed by atoms with Crippen molar-refractivity contribution >= 4 is 67.6 Å². The molecule has 0 atom stereocenters. The van der Waals surface area contributed by atoms with Gasteiger partial charge in [0, 0.05) is 0 Å². The minimum absolute atomic E-state index is 1.35. The molecule has 0 aromatic carbocycles. The zero-order valence-corrected chi connectivity index (χ0v) is 27.6. The van der Waals surface area contributed by atoms with Gasteiger partial charge in [-0.05, 0) is 0 Å². The molecule has 0 saturated carbocycles. The van der Waals surface area contributed by atoms with Gasteiger partial charge in [0.2, 0.25) is 0 Å². The first-order chi connectivity index (χ1) is 12.3. The molecule has 0 radical (unpaired) electrons. The summed E-state index contributed by atoms with van der Waals surface area (Å²) in [6.07, 6.45) is 8.08. The molecule has 0 aromatic heterocycles. The number of hydrogen-bond acceptors (Lipinski definition) is 4. The first-order valence-electron chi connectivity index (χ1n) is 10.9. The van der Waals surface area contributed by atoms with Crippen molar-refractivity contribution in [1.82, 2.24) is 0 Å². The number of hydrogen-bond donors (Lipinski definition) is 0. The Morgan fingerprint density at radius 1 is 0.615 bits per heavy atom. The van der Waals surface area contributed by atoms with E-state index < -0.39 is 38.7 Å². The van der Waals surface area contributed by atoms with Gasteiger partial charge in [0.05, 0.1) is 0 Å². The van der Waals surface area contributed by atoms with Gasteiger partial charge in [-0.2, -0.15) is 0 Å². The summed E-state index contributed by atoms with van der Waals surface area (Å²) in [7, 11) is 6.64. The van der Waals surface area contributed by atoms with E-state index in [2.05, 4.69) is 58.7 Å². The third-order valence-electron chi connectivity index (χ3n) is 5.07. The van der Waals surface area contributed by atoms with Crippen LogP contribution in [0.15, 0.2) is 0 Å². The zero-order valence-electron chi connectivity index (χ0n) is 18.6. The average molecular weight is 654 g/mol. The van der Waals surface area contributed by atoms with E-state index in [9.17, 15) is 0 Å². The first kappa shape index (κ1) is 28.9. The van der Waals surface area contributed by atoms with Crippen LogP contribution in [0.4, 0.5) is 0 Å². The van der Waals surface area contributed by atoms with Gasteiger partial charge in [0.15, 0.2) is 0 Å². The van der Waals surface area contributed by atoms with Crippen LogP contribution in [0.1, 0.15) is 80.1 Å². The monoisotopic (exact) mass is 656 g/mol. The average Bonchev–Trinajstić information content (AvgIpc) is 2.56. The second-order valence-corrected chi connectivity index (χ2v) is 60.2. The van der Waals surface area contributed by atoms with Crippen molar-refractivity contribution in [3.63, 3.8) is 0 Å². The summed E-state index contributed by atoms with van der Waals surface area (Å²) in [5, 5.41) is 0. The molecule has 0 aliphatic heterocycles. The predicted octanol–water partition coefficient (Wildman–Crippen LogP) is 9.67. The summed E-state index contributed by atoms with van der Waals surface area (Å²) in [4.78, 5) is 0. The SMILES string of the molecule is CC[CH2][Sn]([CH2]CC)([CH2]CC)[S]P(=S)(OC)[S][Sn]([CH2]CC)([CH2]CC)[CH2]CC. The number of rotatable bonds is 17. The van der Waals surface area contributed by atoms with Crippen LogP contribution in [0.25, 0.3) is 0 Å². The van der Waals surface area contributed by atoms with Gasteiger partial charge in [0.1, 0.15) is 0 Å². The molecule has 0 aliphatic carbocycles. The van der Waals surface area contributed by atoms with E-state index in [0.717, 1.165) is 0 Å². The predicted molar refractivity (Wildman–Crippen MR) is 139 cm³/mol. The van der Waals surface area contributed by atoms with Gasteiger partial charge < -0.3 is 0 Å². The molecule has 0 amide bonds. The second kappa shape index (κ2) is 15.7. The summed E-state index contributed by atoms with van der Waals surface area (Å²) < 4.78 is 13.5. The summed E-state index contributed by atoms with van der Waals surface area (Å²) in [5.41, 5.74) is 0. The molecule has 158 valence electrons. The van der Waals surface area contributed by atoms with Gasteiger partial charge in [-0.25, -0.2) is 0 Å². The summed E-state index contributed by atoms with van der Waals surface area (Å²) in [6.45, 7) is 14.3. The Labute approximate surface area is 184 Å². The van der Waals surface area contributed by atoms with Gasteiger partial charge in [-0.1, -0.05) is 0 Å². The van der Waals surface area contributed by atoms with Crippen LogP contribution in [-0.2, 0) is 16.3 Å². The first-order valence-corrected chi connectivity index (χ1v) is 35.6. The fourth-order valence-electron chi connectivity index (χ4n) is 4.33. The third-order valence-corrected chi connectivity index (χ3v) is 93.5. The van der Waals surface area contributed by atoms with Crippen molar-refractivity contribution in [2.45, 2.75) is 107 Å². The van der Waals surface area contributed by atoms with Gasteiger partial charge >= 0.3 is 186 Å². The van der Waals surface area contributed by atoms with Crippen LogP contribution in [0, 0.1) is 0 Å². The molecule has 0 saturated heterocycles. The van der Waals surface area contributed by atoms with Crippen molar-refractivity contribution in [2.24, 2.45) is 0 Å². The Balaban J connectivity index is 5.69. The normalized spacial score (nSPS) is 13.3. The molecule has 1 nitrogen and oxygen atoms in total. The molecule has 0 fully saturated rings.